The van der Waals surface area contributed by atoms with Crippen LogP contribution in [0.2, 0.25) is 0 Å². The van der Waals surface area contributed by atoms with Crippen LogP contribution in [0.4, 0.5) is 11.4 Å². The minimum absolute atomic E-state index is 0.0877. The van der Waals surface area contributed by atoms with Crippen LogP contribution in [0.5, 0.6) is 0 Å². The van der Waals surface area contributed by atoms with Crippen molar-refractivity contribution in [1.29, 1.82) is 0 Å². The number of nitrogens with zero attached hydrogens (tertiary/aromatic N) is 1. The summed E-state index contributed by atoms with van der Waals surface area (Å²) >= 11 is 0. The lowest BCUT2D eigenvalue weighted by Gasteiger charge is -2.43. The number of rotatable bonds is 7. The Morgan fingerprint density at radius 1 is 0.446 bits per heavy atom. The maximum absolute atomic E-state index is 2.58. The Labute approximate surface area is 384 Å². The highest BCUT2D eigenvalue weighted by Crippen LogP contribution is 2.56. The lowest BCUT2D eigenvalue weighted by atomic mass is 9.59. The van der Waals surface area contributed by atoms with Crippen molar-refractivity contribution < 1.29 is 0 Å². The summed E-state index contributed by atoms with van der Waals surface area (Å²) < 4.78 is 0. The fourth-order valence-electron chi connectivity index (χ4n) is 11.9. The van der Waals surface area contributed by atoms with Crippen LogP contribution in [0.1, 0.15) is 71.6 Å². The van der Waals surface area contributed by atoms with Crippen LogP contribution in [-0.2, 0) is 10.8 Å². The predicted octanol–water partition coefficient (Wildman–Crippen LogP) is 16.2. The van der Waals surface area contributed by atoms with Crippen molar-refractivity contribution in [3.05, 3.63) is 281 Å². The number of anilines is 2. The molecule has 0 fully saturated rings. The monoisotopic (exact) mass is 833 g/mol. The number of fused-ring (bicyclic) bond motifs is 9. The molecule has 0 aromatic heterocycles. The second kappa shape index (κ2) is 15.6. The van der Waals surface area contributed by atoms with Gasteiger partial charge in [-0.1, -0.05) is 226 Å². The van der Waals surface area contributed by atoms with E-state index in [1.807, 2.05) is 0 Å². The van der Waals surface area contributed by atoms with Gasteiger partial charge in [0.25, 0.3) is 0 Å². The lowest BCUT2D eigenvalue weighted by Crippen LogP contribution is -2.35. The summed E-state index contributed by atoms with van der Waals surface area (Å²) in [4.78, 5) is 2.58. The van der Waals surface area contributed by atoms with Gasteiger partial charge in [-0.3, -0.25) is 0 Å². The van der Waals surface area contributed by atoms with Gasteiger partial charge in [-0.05, 0) is 121 Å². The van der Waals surface area contributed by atoms with E-state index in [1.165, 1.54) is 94.8 Å². The number of allylic oxidation sites excluding steroid dienone is 6. The van der Waals surface area contributed by atoms with Crippen molar-refractivity contribution in [2.45, 2.75) is 49.5 Å². The van der Waals surface area contributed by atoms with E-state index >= 15 is 0 Å². The van der Waals surface area contributed by atoms with Gasteiger partial charge in [0.2, 0.25) is 0 Å². The first kappa shape index (κ1) is 39.1. The van der Waals surface area contributed by atoms with Crippen molar-refractivity contribution in [1.82, 2.24) is 0 Å². The topological polar surface area (TPSA) is 3.24 Å². The van der Waals surface area contributed by atoms with Crippen molar-refractivity contribution >= 4 is 16.9 Å². The Hall–Kier alpha value is -7.48. The Balaban J connectivity index is 1.07. The summed E-state index contributed by atoms with van der Waals surface area (Å²) in [6.07, 6.45) is 16.1. The molecule has 8 aromatic rings. The maximum Gasteiger partial charge on any atom is 0.0710 e. The van der Waals surface area contributed by atoms with Crippen LogP contribution in [0.15, 0.2) is 242 Å². The zero-order valence-corrected chi connectivity index (χ0v) is 37.0. The smallest absolute Gasteiger partial charge is 0.0710 e. The van der Waals surface area contributed by atoms with Crippen molar-refractivity contribution in [2.75, 3.05) is 4.90 Å². The normalized spacial score (nSPS) is 19.7. The highest BCUT2D eigenvalue weighted by Gasteiger charge is 2.45. The first-order chi connectivity index (χ1) is 32.0. The molecule has 0 heterocycles. The molecule has 312 valence electrons. The SMILES string of the molecule is CC1(C)C2=CC(N(c3ccc(-c4ccccc4)cc3)c3ccc(C4(c5ccccc5)c5ccccc5-c5ccccc5-c5cccc4c5C4C=CC=CC4)cc3)CC=C2c2ccccc21. The van der Waals surface area contributed by atoms with Crippen molar-refractivity contribution in [3.8, 4) is 33.4 Å². The summed E-state index contributed by atoms with van der Waals surface area (Å²) in [7, 11) is 0. The second-order valence-electron chi connectivity index (χ2n) is 18.6. The molecule has 0 saturated carbocycles. The zero-order chi connectivity index (χ0) is 43.5. The third-order valence-corrected chi connectivity index (χ3v) is 14.8. The Kier molecular flexibility index (Phi) is 9.42. The standard InChI is InChI=1S/C64H51N/c1-63(2)58-30-16-14-28-55(58)56-42-41-51(43-61(56)63)65(49-37-33-45(34-38-49)44-19-6-3-7-20-44)50-39-35-48(36-40-50)64(47-23-10-5-11-24-47)59-31-17-15-27-54(59)52-25-12-13-26-53(52)57-29-18-32-60(64)62(57)46-21-8-4-9-22-46/h3-21,23-40,42-43,46,51H,22,41H2,1-2H3. The molecule has 3 unspecified atom stereocenters. The van der Waals surface area contributed by atoms with Gasteiger partial charge in [0, 0.05) is 22.7 Å². The fraction of sp³-hybridized carbons (Fsp3) is 0.125. The quantitative estimate of drug-likeness (QED) is 0.155. The van der Waals surface area contributed by atoms with Gasteiger partial charge in [-0.15, -0.1) is 0 Å². The largest absolute Gasteiger partial charge is 0.334 e. The van der Waals surface area contributed by atoms with E-state index < -0.39 is 5.41 Å². The summed E-state index contributed by atoms with van der Waals surface area (Å²) in [6, 6.07) is 75.4. The maximum atomic E-state index is 2.58. The number of hydrogen-bond donors (Lipinski definition) is 0. The Bertz CT molecular complexity index is 3220. The minimum atomic E-state index is -0.628. The molecule has 8 aromatic carbocycles. The molecule has 65 heavy (non-hydrogen) atoms. The Morgan fingerprint density at radius 3 is 1.71 bits per heavy atom. The molecule has 1 nitrogen and oxygen atoms in total. The van der Waals surface area contributed by atoms with Gasteiger partial charge in [0.1, 0.15) is 0 Å². The van der Waals surface area contributed by atoms with Crippen LogP contribution >= 0.6 is 0 Å². The third kappa shape index (κ3) is 6.21. The van der Waals surface area contributed by atoms with Gasteiger partial charge in [-0.2, -0.15) is 0 Å². The summed E-state index contributed by atoms with van der Waals surface area (Å²) in [5.74, 6) is 0.226. The third-order valence-electron chi connectivity index (χ3n) is 14.8. The van der Waals surface area contributed by atoms with E-state index in [2.05, 4.69) is 255 Å². The molecule has 3 atom stereocenters. The fourth-order valence-corrected chi connectivity index (χ4v) is 11.9. The number of benzene rings is 8. The summed E-state index contributed by atoms with van der Waals surface area (Å²) in [6.45, 7) is 4.79. The van der Waals surface area contributed by atoms with Crippen LogP contribution < -0.4 is 4.90 Å². The van der Waals surface area contributed by atoms with Gasteiger partial charge in [-0.25, -0.2) is 0 Å². The first-order valence-corrected chi connectivity index (χ1v) is 23.3. The predicted molar refractivity (Wildman–Crippen MR) is 273 cm³/mol. The molecule has 0 spiro atoms. The lowest BCUT2D eigenvalue weighted by molar-refractivity contribution is 0.644. The molecular weight excluding hydrogens is 783 g/mol. The van der Waals surface area contributed by atoms with Gasteiger partial charge in [0.05, 0.1) is 11.5 Å². The van der Waals surface area contributed by atoms with Gasteiger partial charge in [0.15, 0.2) is 0 Å². The van der Waals surface area contributed by atoms with Crippen LogP contribution in [-0.4, -0.2) is 6.04 Å². The van der Waals surface area contributed by atoms with Crippen LogP contribution in [0.25, 0.3) is 39.0 Å². The van der Waals surface area contributed by atoms with E-state index in [4.69, 9.17) is 0 Å². The summed E-state index contributed by atoms with van der Waals surface area (Å²) in [5, 5.41) is 0. The molecule has 4 aliphatic rings. The zero-order valence-electron chi connectivity index (χ0n) is 37.0. The molecule has 1 heteroatoms. The van der Waals surface area contributed by atoms with E-state index in [0.29, 0.717) is 0 Å². The molecule has 0 N–H and O–H groups in total. The van der Waals surface area contributed by atoms with E-state index in [1.54, 1.807) is 0 Å². The van der Waals surface area contributed by atoms with E-state index in [0.717, 1.165) is 12.8 Å². The van der Waals surface area contributed by atoms with E-state index in [-0.39, 0.29) is 17.4 Å². The molecule has 2 bridgehead atoms. The molecule has 4 aliphatic carbocycles. The second-order valence-corrected chi connectivity index (χ2v) is 18.6. The average molecular weight is 834 g/mol. The van der Waals surface area contributed by atoms with Gasteiger partial charge < -0.3 is 4.90 Å². The molecule has 0 saturated heterocycles. The summed E-state index contributed by atoms with van der Waals surface area (Å²) in [5.41, 5.74) is 21.4. The molecule has 0 aliphatic heterocycles. The minimum Gasteiger partial charge on any atom is -0.334 e. The first-order valence-electron chi connectivity index (χ1n) is 23.3. The van der Waals surface area contributed by atoms with Crippen molar-refractivity contribution in [3.63, 3.8) is 0 Å². The molecule has 12 rings (SSSR count). The Morgan fingerprint density at radius 2 is 1.00 bits per heavy atom. The van der Waals surface area contributed by atoms with Crippen LogP contribution in [0, 0.1) is 0 Å². The van der Waals surface area contributed by atoms with Crippen LogP contribution in [0.3, 0.4) is 0 Å². The van der Waals surface area contributed by atoms with E-state index in [9.17, 15) is 0 Å². The van der Waals surface area contributed by atoms with Gasteiger partial charge >= 0.3 is 0 Å². The van der Waals surface area contributed by atoms with Crippen molar-refractivity contribution in [2.24, 2.45) is 0 Å². The highest BCUT2D eigenvalue weighted by molar-refractivity contribution is 5.93. The average Bonchev–Trinajstić information content (AvgIpc) is 3.60. The molecular formula is C64H51N. The highest BCUT2D eigenvalue weighted by atomic mass is 15.2. The number of hydrogen-bond acceptors (Lipinski definition) is 1. The molecule has 0 radical (unpaired) electrons. The molecule has 0 amide bonds.